The van der Waals surface area contributed by atoms with E-state index >= 15 is 0 Å². The van der Waals surface area contributed by atoms with Gasteiger partial charge in [-0.3, -0.25) is 9.78 Å². The Morgan fingerprint density at radius 1 is 1.53 bits per heavy atom. The molecule has 2 rings (SSSR count). The van der Waals surface area contributed by atoms with Crippen LogP contribution in [0, 0.1) is 6.92 Å². The van der Waals surface area contributed by atoms with Crippen molar-refractivity contribution in [3.63, 3.8) is 0 Å². The van der Waals surface area contributed by atoms with Crippen LogP contribution in [0.15, 0.2) is 22.9 Å². The molecule has 17 heavy (non-hydrogen) atoms. The largest absolute Gasteiger partial charge is 0.481 e. The second kappa shape index (κ2) is 4.73. The lowest BCUT2D eigenvalue weighted by Crippen LogP contribution is -1.97. The van der Waals surface area contributed by atoms with Gasteiger partial charge < -0.3 is 9.63 Å². The zero-order valence-electron chi connectivity index (χ0n) is 9.25. The summed E-state index contributed by atoms with van der Waals surface area (Å²) in [7, 11) is 0. The Labute approximate surface area is 97.3 Å². The lowest BCUT2D eigenvalue weighted by molar-refractivity contribution is -0.137. The maximum Gasteiger partial charge on any atom is 0.303 e. The molecule has 0 aromatic carbocycles. The summed E-state index contributed by atoms with van der Waals surface area (Å²) in [5.74, 6) is -0.196. The molecule has 6 heteroatoms. The summed E-state index contributed by atoms with van der Waals surface area (Å²) in [5, 5.41) is 12.3. The summed E-state index contributed by atoms with van der Waals surface area (Å²) in [6.45, 7) is 1.94. The molecule has 0 radical (unpaired) electrons. The Kier molecular flexibility index (Phi) is 3.13. The van der Waals surface area contributed by atoms with E-state index in [9.17, 15) is 4.79 Å². The van der Waals surface area contributed by atoms with Crippen LogP contribution in [-0.4, -0.2) is 26.2 Å². The first kappa shape index (κ1) is 11.3. The Morgan fingerprint density at radius 3 is 3.06 bits per heavy atom. The molecule has 0 spiro atoms. The molecule has 0 aliphatic carbocycles. The summed E-state index contributed by atoms with van der Waals surface area (Å²) >= 11 is 0. The molecule has 0 aliphatic heterocycles. The molecule has 2 aromatic heterocycles. The number of hydrogen-bond acceptors (Lipinski definition) is 5. The average molecular weight is 233 g/mol. The van der Waals surface area contributed by atoms with Crippen molar-refractivity contribution in [2.45, 2.75) is 19.8 Å². The van der Waals surface area contributed by atoms with Crippen LogP contribution in [0.2, 0.25) is 0 Å². The lowest BCUT2D eigenvalue weighted by atomic mass is 10.2. The smallest absolute Gasteiger partial charge is 0.303 e. The number of nitrogens with zero attached hydrogens (tertiary/aromatic N) is 3. The Balaban J connectivity index is 2.15. The maximum atomic E-state index is 10.4. The van der Waals surface area contributed by atoms with E-state index in [1.54, 1.807) is 6.20 Å². The molecule has 2 aromatic rings. The van der Waals surface area contributed by atoms with E-state index in [0.29, 0.717) is 17.4 Å². The van der Waals surface area contributed by atoms with Gasteiger partial charge in [0, 0.05) is 12.6 Å². The van der Waals surface area contributed by atoms with Crippen molar-refractivity contribution in [1.82, 2.24) is 15.1 Å². The van der Waals surface area contributed by atoms with Gasteiger partial charge in [-0.15, -0.1) is 0 Å². The van der Waals surface area contributed by atoms with E-state index in [0.717, 1.165) is 5.56 Å². The van der Waals surface area contributed by atoms with Gasteiger partial charge in [-0.1, -0.05) is 5.16 Å². The number of rotatable bonds is 4. The number of aryl methyl sites for hydroxylation is 2. The topological polar surface area (TPSA) is 89.1 Å². The second-order valence-electron chi connectivity index (χ2n) is 3.62. The highest BCUT2D eigenvalue weighted by atomic mass is 16.5. The SMILES string of the molecule is Cc1ccnc(-c2noc(CCC(=O)O)n2)c1. The fourth-order valence-corrected chi connectivity index (χ4v) is 1.33. The predicted molar refractivity (Wildman–Crippen MR) is 58.2 cm³/mol. The van der Waals surface area contributed by atoms with Gasteiger partial charge in [0.05, 0.1) is 6.42 Å². The van der Waals surface area contributed by atoms with Gasteiger partial charge in [0.25, 0.3) is 0 Å². The van der Waals surface area contributed by atoms with Crippen LogP contribution in [0.3, 0.4) is 0 Å². The minimum absolute atomic E-state index is 0.0249. The molecule has 0 saturated carbocycles. The first-order valence-corrected chi connectivity index (χ1v) is 5.12. The van der Waals surface area contributed by atoms with Crippen molar-refractivity contribution >= 4 is 5.97 Å². The fourth-order valence-electron chi connectivity index (χ4n) is 1.33. The van der Waals surface area contributed by atoms with Crippen LogP contribution >= 0.6 is 0 Å². The Bertz CT molecular complexity index is 536. The van der Waals surface area contributed by atoms with E-state index in [-0.39, 0.29) is 12.8 Å². The minimum atomic E-state index is -0.890. The van der Waals surface area contributed by atoms with Crippen LogP contribution in [0.5, 0.6) is 0 Å². The van der Waals surface area contributed by atoms with Crippen LogP contribution in [0.4, 0.5) is 0 Å². The van der Waals surface area contributed by atoms with E-state index in [4.69, 9.17) is 9.63 Å². The number of carbonyl (C=O) groups is 1. The van der Waals surface area contributed by atoms with Gasteiger partial charge in [0.1, 0.15) is 5.69 Å². The molecule has 0 amide bonds. The molecular formula is C11H11N3O3. The summed E-state index contributed by atoms with van der Waals surface area (Å²) < 4.78 is 4.94. The minimum Gasteiger partial charge on any atom is -0.481 e. The van der Waals surface area contributed by atoms with Gasteiger partial charge in [0.2, 0.25) is 11.7 Å². The molecule has 2 heterocycles. The van der Waals surface area contributed by atoms with Crippen molar-refractivity contribution in [1.29, 1.82) is 0 Å². The van der Waals surface area contributed by atoms with Crippen molar-refractivity contribution in [2.75, 3.05) is 0 Å². The van der Waals surface area contributed by atoms with E-state index in [1.165, 1.54) is 0 Å². The number of aromatic nitrogens is 3. The molecule has 0 unspecified atom stereocenters. The highest BCUT2D eigenvalue weighted by Crippen LogP contribution is 2.14. The number of pyridine rings is 1. The third kappa shape index (κ3) is 2.87. The highest BCUT2D eigenvalue weighted by molar-refractivity contribution is 5.66. The fraction of sp³-hybridized carbons (Fsp3) is 0.273. The van der Waals surface area contributed by atoms with E-state index in [2.05, 4.69) is 15.1 Å². The van der Waals surface area contributed by atoms with Crippen LogP contribution < -0.4 is 0 Å². The number of aliphatic carboxylic acids is 1. The normalized spacial score (nSPS) is 10.4. The molecule has 0 fully saturated rings. The standard InChI is InChI=1S/C11H11N3O3/c1-7-4-5-12-8(6-7)11-13-9(17-14-11)2-3-10(15)16/h4-6H,2-3H2,1H3,(H,15,16). The maximum absolute atomic E-state index is 10.4. The van der Waals surface area contributed by atoms with Gasteiger partial charge in [0.15, 0.2) is 0 Å². The first-order valence-electron chi connectivity index (χ1n) is 5.12. The number of carboxylic acids is 1. The van der Waals surface area contributed by atoms with Gasteiger partial charge in [-0.05, 0) is 24.6 Å². The van der Waals surface area contributed by atoms with Gasteiger partial charge in [-0.25, -0.2) is 0 Å². The van der Waals surface area contributed by atoms with E-state index in [1.807, 2.05) is 19.1 Å². The Hall–Kier alpha value is -2.24. The lowest BCUT2D eigenvalue weighted by Gasteiger charge is -1.94. The van der Waals surface area contributed by atoms with Crippen LogP contribution in [0.25, 0.3) is 11.5 Å². The second-order valence-corrected chi connectivity index (χ2v) is 3.62. The molecule has 1 N–H and O–H groups in total. The molecule has 0 atom stereocenters. The highest BCUT2D eigenvalue weighted by Gasteiger charge is 2.10. The summed E-state index contributed by atoms with van der Waals surface area (Å²) in [6.07, 6.45) is 1.87. The van der Waals surface area contributed by atoms with Gasteiger partial charge in [-0.2, -0.15) is 4.98 Å². The molecule has 0 saturated heterocycles. The Morgan fingerprint density at radius 2 is 2.35 bits per heavy atom. The molecule has 0 bridgehead atoms. The van der Waals surface area contributed by atoms with E-state index < -0.39 is 5.97 Å². The predicted octanol–water partition coefficient (Wildman–Crippen LogP) is 1.46. The number of hydrogen-bond donors (Lipinski definition) is 1. The molecule has 6 nitrogen and oxygen atoms in total. The zero-order chi connectivity index (χ0) is 12.3. The van der Waals surface area contributed by atoms with Crippen molar-refractivity contribution in [3.8, 4) is 11.5 Å². The zero-order valence-corrected chi connectivity index (χ0v) is 9.25. The molecule has 88 valence electrons. The number of carboxylic acid groups (broad SMARTS) is 1. The molecule has 0 aliphatic rings. The van der Waals surface area contributed by atoms with Crippen molar-refractivity contribution in [3.05, 3.63) is 29.8 Å². The van der Waals surface area contributed by atoms with Crippen molar-refractivity contribution < 1.29 is 14.4 Å². The third-order valence-corrected chi connectivity index (χ3v) is 2.17. The summed E-state index contributed by atoms with van der Waals surface area (Å²) in [6, 6.07) is 3.71. The quantitative estimate of drug-likeness (QED) is 0.859. The summed E-state index contributed by atoms with van der Waals surface area (Å²) in [5.41, 5.74) is 1.67. The molecular weight excluding hydrogens is 222 g/mol. The third-order valence-electron chi connectivity index (χ3n) is 2.17. The van der Waals surface area contributed by atoms with Crippen LogP contribution in [-0.2, 0) is 11.2 Å². The summed E-state index contributed by atoms with van der Waals surface area (Å²) in [4.78, 5) is 18.6. The average Bonchev–Trinajstić information content (AvgIpc) is 2.75. The monoisotopic (exact) mass is 233 g/mol. The first-order chi connectivity index (χ1) is 8.15. The van der Waals surface area contributed by atoms with Crippen LogP contribution in [0.1, 0.15) is 17.9 Å². The van der Waals surface area contributed by atoms with Crippen molar-refractivity contribution in [2.24, 2.45) is 0 Å². The van der Waals surface area contributed by atoms with Gasteiger partial charge >= 0.3 is 5.97 Å².